The lowest BCUT2D eigenvalue weighted by molar-refractivity contribution is 0.176. The van der Waals surface area contributed by atoms with Gasteiger partial charge in [0.25, 0.3) is 5.19 Å². The van der Waals surface area contributed by atoms with Gasteiger partial charge in [0.05, 0.1) is 0 Å². The highest BCUT2D eigenvalue weighted by Crippen LogP contribution is 2.38. The minimum absolute atomic E-state index is 0.127. The molecule has 1 unspecified atom stereocenters. The molecule has 1 aliphatic rings. The van der Waals surface area contributed by atoms with Crippen molar-refractivity contribution in [3.05, 3.63) is 70.7 Å². The van der Waals surface area contributed by atoms with Crippen LogP contribution in [0, 0.1) is 0 Å². The van der Waals surface area contributed by atoms with E-state index in [1.807, 2.05) is 24.4 Å². The second-order valence-electron chi connectivity index (χ2n) is 7.61. The maximum atomic E-state index is 6.23. The van der Waals surface area contributed by atoms with Crippen molar-refractivity contribution < 1.29 is 9.47 Å². The lowest BCUT2D eigenvalue weighted by atomic mass is 9.97. The molecule has 1 aliphatic heterocycles. The Hall–Kier alpha value is -2.37. The van der Waals surface area contributed by atoms with Crippen LogP contribution in [0.4, 0.5) is 0 Å². The van der Waals surface area contributed by atoms with Gasteiger partial charge in [0.1, 0.15) is 17.6 Å². The summed E-state index contributed by atoms with van der Waals surface area (Å²) in [5.74, 6) is 1.78. The van der Waals surface area contributed by atoms with Gasteiger partial charge in [-0.05, 0) is 62.2 Å². The van der Waals surface area contributed by atoms with Crippen molar-refractivity contribution in [1.29, 1.82) is 0 Å². The largest absolute Gasteiger partial charge is 0.485 e. The Bertz CT molecular complexity index is 926. The Kier molecular flexibility index (Phi) is 6.47. The van der Waals surface area contributed by atoms with E-state index in [4.69, 9.17) is 9.47 Å². The van der Waals surface area contributed by atoms with Crippen LogP contribution in [0.5, 0.6) is 16.7 Å². The average Bonchev–Trinajstić information content (AvgIpc) is 3.19. The van der Waals surface area contributed by atoms with Gasteiger partial charge >= 0.3 is 0 Å². The first kappa shape index (κ1) is 19.9. The summed E-state index contributed by atoms with van der Waals surface area (Å²) in [6.45, 7) is 4.25. The van der Waals surface area contributed by atoms with Crippen molar-refractivity contribution in [1.82, 2.24) is 9.88 Å². The number of benzene rings is 2. The van der Waals surface area contributed by atoms with Crippen LogP contribution in [0.25, 0.3) is 0 Å². The van der Waals surface area contributed by atoms with Crippen LogP contribution >= 0.6 is 11.3 Å². The average molecular weight is 409 g/mol. The molecule has 2 aromatic carbocycles. The number of aryl methyl sites for hydroxylation is 1. The molecule has 0 bridgehead atoms. The topological polar surface area (TPSA) is 34.6 Å². The minimum Gasteiger partial charge on any atom is -0.485 e. The molecule has 4 nitrogen and oxygen atoms in total. The van der Waals surface area contributed by atoms with Crippen LogP contribution in [0.3, 0.4) is 0 Å². The maximum absolute atomic E-state index is 6.23. The van der Waals surface area contributed by atoms with Gasteiger partial charge in [-0.15, -0.1) is 0 Å². The van der Waals surface area contributed by atoms with E-state index in [1.165, 1.54) is 28.8 Å². The fourth-order valence-corrected chi connectivity index (χ4v) is 4.47. The molecule has 2 heterocycles. The molecule has 1 aromatic heterocycles. The van der Waals surface area contributed by atoms with Crippen molar-refractivity contribution in [2.45, 2.75) is 45.3 Å². The molecule has 5 heteroatoms. The molecule has 4 rings (SSSR count). The van der Waals surface area contributed by atoms with E-state index in [9.17, 15) is 0 Å². The summed E-state index contributed by atoms with van der Waals surface area (Å²) in [5.41, 5.74) is 2.43. The first-order chi connectivity index (χ1) is 14.2. The van der Waals surface area contributed by atoms with Gasteiger partial charge in [-0.3, -0.25) is 0 Å². The van der Waals surface area contributed by atoms with Gasteiger partial charge < -0.3 is 14.4 Å². The van der Waals surface area contributed by atoms with E-state index in [1.54, 1.807) is 11.3 Å². The maximum Gasteiger partial charge on any atom is 0.278 e. The molecular formula is C24H28N2O2S. The molecule has 0 fully saturated rings. The third-order valence-corrected chi connectivity index (χ3v) is 6.07. The predicted octanol–water partition coefficient (Wildman–Crippen LogP) is 6.23. The monoisotopic (exact) mass is 408 g/mol. The summed E-state index contributed by atoms with van der Waals surface area (Å²) in [4.78, 5) is 8.01. The van der Waals surface area contributed by atoms with E-state index in [0.717, 1.165) is 37.4 Å². The molecule has 0 radical (unpaired) electrons. The Morgan fingerprint density at radius 2 is 2.07 bits per heavy atom. The number of unbranched alkanes of at least 4 members (excludes halogenated alkanes) is 1. The van der Waals surface area contributed by atoms with Gasteiger partial charge in [0.15, 0.2) is 0 Å². The summed E-state index contributed by atoms with van der Waals surface area (Å²) in [7, 11) is 2.15. The molecule has 0 aliphatic carbocycles. The van der Waals surface area contributed by atoms with Crippen LogP contribution in [0.2, 0.25) is 0 Å². The number of hydrogen-bond acceptors (Lipinski definition) is 5. The fourth-order valence-electron chi connectivity index (χ4n) is 3.61. The zero-order valence-corrected chi connectivity index (χ0v) is 18.0. The second-order valence-corrected chi connectivity index (χ2v) is 8.69. The van der Waals surface area contributed by atoms with Gasteiger partial charge in [-0.25, -0.2) is 4.98 Å². The highest BCUT2D eigenvalue weighted by molar-refractivity contribution is 7.13. The first-order valence-electron chi connectivity index (χ1n) is 10.4. The minimum atomic E-state index is 0.127. The highest BCUT2D eigenvalue weighted by Gasteiger charge is 2.21. The summed E-state index contributed by atoms with van der Waals surface area (Å²) in [5, 5.41) is 0.697. The van der Waals surface area contributed by atoms with Gasteiger partial charge in [0.2, 0.25) is 0 Å². The van der Waals surface area contributed by atoms with E-state index >= 15 is 0 Å². The fraction of sp³-hybridized carbons (Fsp3) is 0.375. The van der Waals surface area contributed by atoms with Crippen molar-refractivity contribution in [2.24, 2.45) is 0 Å². The smallest absolute Gasteiger partial charge is 0.278 e. The summed E-state index contributed by atoms with van der Waals surface area (Å²) in [6.07, 6.45) is 6.45. The molecule has 29 heavy (non-hydrogen) atoms. The zero-order valence-electron chi connectivity index (χ0n) is 17.1. The zero-order chi connectivity index (χ0) is 20.1. The summed E-state index contributed by atoms with van der Waals surface area (Å²) in [6, 6.07) is 16.5. The van der Waals surface area contributed by atoms with E-state index in [-0.39, 0.29) is 6.10 Å². The molecule has 3 aromatic rings. The van der Waals surface area contributed by atoms with Crippen molar-refractivity contribution in [3.8, 4) is 16.7 Å². The Morgan fingerprint density at radius 3 is 2.90 bits per heavy atom. The van der Waals surface area contributed by atoms with Crippen molar-refractivity contribution in [2.75, 3.05) is 13.6 Å². The molecule has 0 N–H and O–H groups in total. The number of hydrogen-bond donors (Lipinski definition) is 0. The van der Waals surface area contributed by atoms with Crippen LogP contribution < -0.4 is 9.47 Å². The molecule has 152 valence electrons. The SMILES string of the molecule is CCCCN(C)Cc1cnc(Oc2ccc3c(c2)CCC(c2ccccc2)O3)s1. The van der Waals surface area contributed by atoms with E-state index < -0.39 is 0 Å². The van der Waals surface area contributed by atoms with Crippen LogP contribution in [0.1, 0.15) is 48.3 Å². The number of thiazole rings is 1. The van der Waals surface area contributed by atoms with Gasteiger partial charge in [-0.1, -0.05) is 55.0 Å². The number of nitrogens with zero attached hydrogens (tertiary/aromatic N) is 2. The summed E-state index contributed by atoms with van der Waals surface area (Å²) < 4.78 is 12.3. The Balaban J connectivity index is 1.38. The number of rotatable bonds is 8. The number of aromatic nitrogens is 1. The van der Waals surface area contributed by atoms with Crippen LogP contribution in [0.15, 0.2) is 54.7 Å². The first-order valence-corrected chi connectivity index (χ1v) is 11.2. The second kappa shape index (κ2) is 9.42. The highest BCUT2D eigenvalue weighted by atomic mass is 32.1. The quantitative estimate of drug-likeness (QED) is 0.442. The molecule has 0 saturated heterocycles. The van der Waals surface area contributed by atoms with Crippen molar-refractivity contribution in [3.63, 3.8) is 0 Å². The van der Waals surface area contributed by atoms with Crippen molar-refractivity contribution >= 4 is 11.3 Å². The molecule has 1 atom stereocenters. The van der Waals surface area contributed by atoms with E-state index in [0.29, 0.717) is 5.19 Å². The standard InChI is InChI=1S/C24H28N2O2S/c1-3-4-14-26(2)17-21-16-25-24(29-21)27-20-11-13-23-19(15-20)10-12-22(28-23)18-8-6-5-7-9-18/h5-9,11,13,15-16,22H,3-4,10,12,14,17H2,1-2H3. The van der Waals surface area contributed by atoms with E-state index in [2.05, 4.69) is 54.2 Å². The third-order valence-electron chi connectivity index (χ3n) is 5.21. The lowest BCUT2D eigenvalue weighted by Crippen LogP contribution is -2.18. The third kappa shape index (κ3) is 5.17. The molecule has 0 saturated carbocycles. The van der Waals surface area contributed by atoms with Gasteiger partial charge in [-0.2, -0.15) is 0 Å². The van der Waals surface area contributed by atoms with Gasteiger partial charge in [0, 0.05) is 17.6 Å². The van der Waals surface area contributed by atoms with Crippen LogP contribution in [-0.2, 0) is 13.0 Å². The Morgan fingerprint density at radius 1 is 1.21 bits per heavy atom. The molecular weight excluding hydrogens is 380 g/mol. The number of ether oxygens (including phenoxy) is 2. The molecule has 0 amide bonds. The Labute approximate surface area is 177 Å². The van der Waals surface area contributed by atoms with Crippen LogP contribution in [-0.4, -0.2) is 23.5 Å². The lowest BCUT2D eigenvalue weighted by Gasteiger charge is -2.26. The molecule has 0 spiro atoms. The predicted molar refractivity (Wildman–Crippen MR) is 118 cm³/mol. The summed E-state index contributed by atoms with van der Waals surface area (Å²) >= 11 is 1.62. The normalized spacial score (nSPS) is 15.8. The number of fused-ring (bicyclic) bond motifs is 1.